The summed E-state index contributed by atoms with van der Waals surface area (Å²) in [6, 6.07) is 2.86. The van der Waals surface area contributed by atoms with E-state index in [4.69, 9.17) is 10.5 Å². The number of ether oxygens (including phenoxy) is 1. The van der Waals surface area contributed by atoms with E-state index < -0.39 is 10.0 Å². The molecule has 1 aromatic rings. The molecule has 2 heterocycles. The number of nitrogens with zero attached hydrogens (tertiary/aromatic N) is 1. The molecule has 0 unspecified atom stereocenters. The molecule has 0 saturated carbocycles. The van der Waals surface area contributed by atoms with Crippen LogP contribution in [0.2, 0.25) is 0 Å². The summed E-state index contributed by atoms with van der Waals surface area (Å²) < 4.78 is 31.8. The lowest BCUT2D eigenvalue weighted by atomic mass is 10.1. The first-order valence-corrected chi connectivity index (χ1v) is 6.88. The van der Waals surface area contributed by atoms with Crippen LogP contribution in [0.5, 0.6) is 0 Å². The van der Waals surface area contributed by atoms with Gasteiger partial charge in [-0.05, 0) is 25.0 Å². The van der Waals surface area contributed by atoms with Crippen LogP contribution in [0.4, 0.5) is 5.82 Å². The molecule has 0 atom stereocenters. The van der Waals surface area contributed by atoms with Crippen molar-refractivity contribution in [2.45, 2.75) is 23.8 Å². The van der Waals surface area contributed by atoms with Crippen molar-refractivity contribution in [3.8, 4) is 0 Å². The fourth-order valence-electron chi connectivity index (χ4n) is 1.65. The normalized spacial score (nSPS) is 18.1. The van der Waals surface area contributed by atoms with E-state index in [1.165, 1.54) is 18.3 Å². The summed E-state index contributed by atoms with van der Waals surface area (Å²) in [7, 11) is -3.50. The monoisotopic (exact) mass is 257 g/mol. The number of hydrogen-bond donors (Lipinski definition) is 2. The van der Waals surface area contributed by atoms with Crippen LogP contribution in [0.25, 0.3) is 0 Å². The lowest BCUT2D eigenvalue weighted by Gasteiger charge is -2.22. The van der Waals surface area contributed by atoms with Crippen molar-refractivity contribution in [3.63, 3.8) is 0 Å². The zero-order valence-electron chi connectivity index (χ0n) is 9.30. The van der Waals surface area contributed by atoms with Gasteiger partial charge in [0.25, 0.3) is 0 Å². The van der Waals surface area contributed by atoms with Gasteiger partial charge in [0.15, 0.2) is 0 Å². The van der Waals surface area contributed by atoms with Gasteiger partial charge >= 0.3 is 0 Å². The molecule has 0 radical (unpaired) electrons. The molecule has 0 spiro atoms. The van der Waals surface area contributed by atoms with Crippen molar-refractivity contribution in [3.05, 3.63) is 18.3 Å². The zero-order valence-corrected chi connectivity index (χ0v) is 10.1. The van der Waals surface area contributed by atoms with Gasteiger partial charge < -0.3 is 10.5 Å². The predicted octanol–water partition coefficient (Wildman–Crippen LogP) is 0.121. The maximum absolute atomic E-state index is 12.0. The Labute approximate surface area is 100 Å². The zero-order chi connectivity index (χ0) is 12.3. The first-order chi connectivity index (χ1) is 8.08. The third-order valence-electron chi connectivity index (χ3n) is 2.61. The van der Waals surface area contributed by atoms with E-state index in [2.05, 4.69) is 9.71 Å². The third kappa shape index (κ3) is 3.15. The molecule has 17 heavy (non-hydrogen) atoms. The van der Waals surface area contributed by atoms with E-state index >= 15 is 0 Å². The van der Waals surface area contributed by atoms with E-state index in [0.717, 1.165) is 0 Å². The van der Waals surface area contributed by atoms with Crippen LogP contribution < -0.4 is 10.5 Å². The molecule has 1 aliphatic heterocycles. The van der Waals surface area contributed by atoms with Crippen molar-refractivity contribution < 1.29 is 13.2 Å². The number of nitrogen functional groups attached to an aromatic ring is 1. The van der Waals surface area contributed by atoms with Crippen LogP contribution in [-0.2, 0) is 14.8 Å². The summed E-state index contributed by atoms with van der Waals surface area (Å²) in [4.78, 5) is 3.91. The molecule has 7 heteroatoms. The average molecular weight is 257 g/mol. The van der Waals surface area contributed by atoms with Gasteiger partial charge in [-0.3, -0.25) is 0 Å². The minimum absolute atomic E-state index is 0.0636. The predicted molar refractivity (Wildman–Crippen MR) is 62.8 cm³/mol. The second-order valence-electron chi connectivity index (χ2n) is 3.93. The van der Waals surface area contributed by atoms with E-state index in [-0.39, 0.29) is 10.9 Å². The third-order valence-corrected chi connectivity index (χ3v) is 4.12. The lowest BCUT2D eigenvalue weighted by Crippen LogP contribution is -2.38. The SMILES string of the molecule is Nc1ccc(S(=O)(=O)NC2CCOCC2)cn1. The Morgan fingerprint density at radius 1 is 1.35 bits per heavy atom. The second-order valence-corrected chi connectivity index (χ2v) is 5.64. The average Bonchev–Trinajstić information content (AvgIpc) is 2.30. The number of rotatable bonds is 3. The maximum Gasteiger partial charge on any atom is 0.242 e. The van der Waals surface area contributed by atoms with E-state index in [1.807, 2.05) is 0 Å². The van der Waals surface area contributed by atoms with Crippen LogP contribution in [0.15, 0.2) is 23.2 Å². The van der Waals surface area contributed by atoms with Crippen molar-refractivity contribution in [2.75, 3.05) is 18.9 Å². The maximum atomic E-state index is 12.0. The Kier molecular flexibility index (Phi) is 3.60. The number of aromatic nitrogens is 1. The first-order valence-electron chi connectivity index (χ1n) is 5.39. The Hall–Kier alpha value is -1.18. The number of hydrogen-bond acceptors (Lipinski definition) is 5. The molecule has 0 amide bonds. The summed E-state index contributed by atoms with van der Waals surface area (Å²) in [6.45, 7) is 1.18. The topological polar surface area (TPSA) is 94.3 Å². The molecule has 1 fully saturated rings. The molecule has 0 aromatic carbocycles. The molecule has 2 rings (SSSR count). The van der Waals surface area contributed by atoms with Gasteiger partial charge in [0, 0.05) is 25.5 Å². The molecule has 94 valence electrons. The highest BCUT2D eigenvalue weighted by molar-refractivity contribution is 7.89. The Bertz CT molecular complexity index is 466. The molecular formula is C10H15N3O3S. The fourth-order valence-corrected chi connectivity index (χ4v) is 2.90. The van der Waals surface area contributed by atoms with Gasteiger partial charge in [0.1, 0.15) is 10.7 Å². The van der Waals surface area contributed by atoms with E-state index in [9.17, 15) is 8.42 Å². The van der Waals surface area contributed by atoms with Crippen molar-refractivity contribution in [1.29, 1.82) is 0 Å². The van der Waals surface area contributed by atoms with Gasteiger partial charge in [-0.2, -0.15) is 0 Å². The summed E-state index contributed by atoms with van der Waals surface area (Å²) in [5.74, 6) is 0.301. The van der Waals surface area contributed by atoms with Gasteiger partial charge in [0.2, 0.25) is 10.0 Å². The van der Waals surface area contributed by atoms with Crippen molar-refractivity contribution in [2.24, 2.45) is 0 Å². The number of nitrogens with one attached hydrogen (secondary N) is 1. The van der Waals surface area contributed by atoms with Crippen molar-refractivity contribution in [1.82, 2.24) is 9.71 Å². The molecule has 1 aliphatic rings. The number of anilines is 1. The Balaban J connectivity index is 2.10. The molecule has 0 bridgehead atoms. The Morgan fingerprint density at radius 3 is 2.65 bits per heavy atom. The fraction of sp³-hybridized carbons (Fsp3) is 0.500. The molecule has 1 aromatic heterocycles. The lowest BCUT2D eigenvalue weighted by molar-refractivity contribution is 0.0832. The number of nitrogens with two attached hydrogens (primary N) is 1. The number of sulfonamides is 1. The molecule has 0 aliphatic carbocycles. The number of pyridine rings is 1. The van der Waals surface area contributed by atoms with E-state index in [0.29, 0.717) is 31.9 Å². The highest BCUT2D eigenvalue weighted by Gasteiger charge is 2.22. The first kappa shape index (κ1) is 12.3. The van der Waals surface area contributed by atoms with Crippen LogP contribution in [0.3, 0.4) is 0 Å². The van der Waals surface area contributed by atoms with Crippen LogP contribution in [0.1, 0.15) is 12.8 Å². The van der Waals surface area contributed by atoms with Gasteiger partial charge in [-0.25, -0.2) is 18.1 Å². The minimum Gasteiger partial charge on any atom is -0.384 e. The minimum atomic E-state index is -3.50. The van der Waals surface area contributed by atoms with Gasteiger partial charge in [-0.15, -0.1) is 0 Å². The molecule has 6 nitrogen and oxygen atoms in total. The molecule has 1 saturated heterocycles. The largest absolute Gasteiger partial charge is 0.384 e. The van der Waals surface area contributed by atoms with Crippen LogP contribution >= 0.6 is 0 Å². The Morgan fingerprint density at radius 2 is 2.06 bits per heavy atom. The van der Waals surface area contributed by atoms with Crippen LogP contribution in [0, 0.1) is 0 Å². The molecular weight excluding hydrogens is 242 g/mol. The van der Waals surface area contributed by atoms with Crippen LogP contribution in [-0.4, -0.2) is 32.7 Å². The highest BCUT2D eigenvalue weighted by Crippen LogP contribution is 2.13. The summed E-state index contributed by atoms with van der Waals surface area (Å²) in [5.41, 5.74) is 5.41. The standard InChI is InChI=1S/C10H15N3O3S/c11-10-2-1-9(7-12-10)17(14,15)13-8-3-5-16-6-4-8/h1-2,7-8,13H,3-6H2,(H2,11,12). The van der Waals surface area contributed by atoms with Crippen molar-refractivity contribution >= 4 is 15.8 Å². The second kappa shape index (κ2) is 4.99. The smallest absolute Gasteiger partial charge is 0.242 e. The summed E-state index contributed by atoms with van der Waals surface area (Å²) in [5, 5.41) is 0. The summed E-state index contributed by atoms with van der Waals surface area (Å²) >= 11 is 0. The van der Waals surface area contributed by atoms with Gasteiger partial charge in [-0.1, -0.05) is 0 Å². The quantitative estimate of drug-likeness (QED) is 0.802. The molecule has 3 N–H and O–H groups in total. The van der Waals surface area contributed by atoms with E-state index in [1.54, 1.807) is 0 Å². The van der Waals surface area contributed by atoms with Gasteiger partial charge in [0.05, 0.1) is 0 Å². The summed E-state index contributed by atoms with van der Waals surface area (Å²) in [6.07, 6.45) is 2.65. The highest BCUT2D eigenvalue weighted by atomic mass is 32.2.